The highest BCUT2D eigenvalue weighted by Crippen LogP contribution is 2.16. The molecule has 0 bridgehead atoms. The summed E-state index contributed by atoms with van der Waals surface area (Å²) in [7, 11) is 0. The predicted molar refractivity (Wildman–Crippen MR) is 64.6 cm³/mol. The zero-order valence-electron chi connectivity index (χ0n) is 9.43. The maximum absolute atomic E-state index is 11.9. The van der Waals surface area contributed by atoms with Crippen LogP contribution < -0.4 is 5.32 Å². The average molecular weight is 240 g/mol. The highest BCUT2D eigenvalue weighted by Gasteiger charge is 2.13. The number of hydrogen-bond donors (Lipinski definition) is 2. The minimum atomic E-state index is -0.140. The molecule has 1 atom stereocenters. The van der Waals surface area contributed by atoms with Crippen molar-refractivity contribution in [2.45, 2.75) is 24.4 Å². The van der Waals surface area contributed by atoms with Crippen LogP contribution in [0.15, 0.2) is 23.4 Å². The smallest absolute Gasteiger partial charge is 0.254 e. The molecule has 1 rings (SSSR count). The molecular formula is C11H16N2O2S. The quantitative estimate of drug-likeness (QED) is 0.762. The van der Waals surface area contributed by atoms with E-state index in [1.165, 1.54) is 11.8 Å². The van der Waals surface area contributed by atoms with Gasteiger partial charge in [0.15, 0.2) is 0 Å². The number of nitrogens with one attached hydrogen (secondary N) is 1. The Bertz CT molecular complexity index is 358. The van der Waals surface area contributed by atoms with Crippen molar-refractivity contribution in [2.75, 3.05) is 12.9 Å². The molecule has 1 heterocycles. The Morgan fingerprint density at radius 1 is 1.69 bits per heavy atom. The first kappa shape index (κ1) is 13.0. The van der Waals surface area contributed by atoms with E-state index in [9.17, 15) is 4.79 Å². The van der Waals surface area contributed by atoms with Gasteiger partial charge in [0.05, 0.1) is 5.56 Å². The summed E-state index contributed by atoms with van der Waals surface area (Å²) in [5.74, 6) is -0.140. The number of carbonyl (C=O) groups is 1. The second-order valence-corrected chi connectivity index (χ2v) is 4.24. The van der Waals surface area contributed by atoms with Crippen LogP contribution in [0.25, 0.3) is 0 Å². The summed E-state index contributed by atoms with van der Waals surface area (Å²) in [6.07, 6.45) is 4.11. The third-order valence-corrected chi connectivity index (χ3v) is 2.86. The van der Waals surface area contributed by atoms with Crippen LogP contribution in [0.2, 0.25) is 0 Å². The molecule has 0 radical (unpaired) electrons. The van der Waals surface area contributed by atoms with Crippen LogP contribution in [0.1, 0.15) is 23.7 Å². The molecular weight excluding hydrogens is 224 g/mol. The monoisotopic (exact) mass is 240 g/mol. The summed E-state index contributed by atoms with van der Waals surface area (Å²) < 4.78 is 0. The average Bonchev–Trinajstić information content (AvgIpc) is 2.29. The molecule has 4 nitrogen and oxygen atoms in total. The van der Waals surface area contributed by atoms with Crippen LogP contribution in [0.4, 0.5) is 0 Å². The number of aromatic nitrogens is 1. The standard InChI is InChI=1S/C11H16N2O2S/c1-8(5-7-14)13-10(15)9-4-3-6-12-11(9)16-2/h3-4,6,8,14H,5,7H2,1-2H3,(H,13,15). The van der Waals surface area contributed by atoms with E-state index >= 15 is 0 Å². The molecule has 1 aromatic heterocycles. The molecule has 0 aliphatic carbocycles. The fourth-order valence-corrected chi connectivity index (χ4v) is 1.84. The van der Waals surface area contributed by atoms with Crippen molar-refractivity contribution >= 4 is 17.7 Å². The van der Waals surface area contributed by atoms with Crippen molar-refractivity contribution in [3.63, 3.8) is 0 Å². The van der Waals surface area contributed by atoms with E-state index in [0.29, 0.717) is 12.0 Å². The number of thioether (sulfide) groups is 1. The highest BCUT2D eigenvalue weighted by atomic mass is 32.2. The zero-order chi connectivity index (χ0) is 12.0. The van der Waals surface area contributed by atoms with Crippen molar-refractivity contribution in [1.82, 2.24) is 10.3 Å². The summed E-state index contributed by atoms with van der Waals surface area (Å²) in [4.78, 5) is 16.0. The summed E-state index contributed by atoms with van der Waals surface area (Å²) in [6.45, 7) is 1.94. The first-order chi connectivity index (χ1) is 7.69. The molecule has 88 valence electrons. The Hall–Kier alpha value is -1.07. The Kier molecular flexibility index (Phi) is 5.28. The topological polar surface area (TPSA) is 62.2 Å². The number of amides is 1. The lowest BCUT2D eigenvalue weighted by molar-refractivity contribution is 0.0930. The first-order valence-electron chi connectivity index (χ1n) is 5.09. The van der Waals surface area contributed by atoms with Gasteiger partial charge in [0.25, 0.3) is 5.91 Å². The zero-order valence-corrected chi connectivity index (χ0v) is 10.3. The fraction of sp³-hybridized carbons (Fsp3) is 0.455. The number of rotatable bonds is 5. The van der Waals surface area contributed by atoms with E-state index in [1.54, 1.807) is 18.3 Å². The largest absolute Gasteiger partial charge is 0.396 e. The molecule has 0 fully saturated rings. The van der Waals surface area contributed by atoms with Crippen molar-refractivity contribution in [3.05, 3.63) is 23.9 Å². The molecule has 0 aliphatic heterocycles. The lowest BCUT2D eigenvalue weighted by Gasteiger charge is -2.13. The number of aliphatic hydroxyl groups is 1. The van der Waals surface area contributed by atoms with Gasteiger partial charge in [0.1, 0.15) is 5.03 Å². The van der Waals surface area contributed by atoms with E-state index < -0.39 is 0 Å². The van der Waals surface area contributed by atoms with Crippen molar-refractivity contribution < 1.29 is 9.90 Å². The maximum Gasteiger partial charge on any atom is 0.254 e. The summed E-state index contributed by atoms with van der Waals surface area (Å²) in [5, 5.41) is 12.3. The number of aliphatic hydroxyl groups excluding tert-OH is 1. The first-order valence-corrected chi connectivity index (χ1v) is 6.32. The van der Waals surface area contributed by atoms with Gasteiger partial charge in [0, 0.05) is 18.8 Å². The molecule has 2 N–H and O–H groups in total. The lowest BCUT2D eigenvalue weighted by atomic mass is 10.2. The van der Waals surface area contributed by atoms with Crippen LogP contribution >= 0.6 is 11.8 Å². The van der Waals surface area contributed by atoms with Crippen LogP contribution in [-0.4, -0.2) is 34.9 Å². The van der Waals surface area contributed by atoms with Crippen LogP contribution in [0, 0.1) is 0 Å². The molecule has 1 unspecified atom stereocenters. The number of nitrogens with zero attached hydrogens (tertiary/aromatic N) is 1. The van der Waals surface area contributed by atoms with E-state index in [2.05, 4.69) is 10.3 Å². The van der Waals surface area contributed by atoms with Gasteiger partial charge in [-0.25, -0.2) is 4.98 Å². The maximum atomic E-state index is 11.9. The third-order valence-electron chi connectivity index (χ3n) is 2.15. The van der Waals surface area contributed by atoms with Crippen LogP contribution in [0.5, 0.6) is 0 Å². The number of pyridine rings is 1. The summed E-state index contributed by atoms with van der Waals surface area (Å²) in [5.41, 5.74) is 0.583. The van der Waals surface area contributed by atoms with Gasteiger partial charge in [-0.2, -0.15) is 0 Å². The molecule has 1 aromatic rings. The third kappa shape index (κ3) is 3.50. The summed E-state index contributed by atoms with van der Waals surface area (Å²) in [6, 6.07) is 3.46. The molecule has 0 saturated carbocycles. The molecule has 0 saturated heterocycles. The second-order valence-electron chi connectivity index (χ2n) is 3.45. The van der Waals surface area contributed by atoms with Crippen molar-refractivity contribution in [1.29, 1.82) is 0 Å². The van der Waals surface area contributed by atoms with Crippen molar-refractivity contribution in [2.24, 2.45) is 0 Å². The van der Waals surface area contributed by atoms with Gasteiger partial charge in [-0.15, -0.1) is 11.8 Å². The van der Waals surface area contributed by atoms with Gasteiger partial charge in [0.2, 0.25) is 0 Å². The molecule has 0 spiro atoms. The number of carbonyl (C=O) groups excluding carboxylic acids is 1. The Morgan fingerprint density at radius 3 is 3.06 bits per heavy atom. The summed E-state index contributed by atoms with van der Waals surface area (Å²) >= 11 is 1.44. The van der Waals surface area contributed by atoms with Crippen LogP contribution in [0.3, 0.4) is 0 Å². The second kappa shape index (κ2) is 6.50. The normalized spacial score (nSPS) is 12.2. The van der Waals surface area contributed by atoms with E-state index in [1.807, 2.05) is 13.2 Å². The van der Waals surface area contributed by atoms with E-state index in [-0.39, 0.29) is 18.6 Å². The SMILES string of the molecule is CSc1ncccc1C(=O)NC(C)CCO. The predicted octanol–water partition coefficient (Wildman–Crippen LogP) is 1.30. The van der Waals surface area contributed by atoms with E-state index in [0.717, 1.165) is 5.03 Å². The van der Waals surface area contributed by atoms with E-state index in [4.69, 9.17) is 5.11 Å². The number of hydrogen-bond acceptors (Lipinski definition) is 4. The lowest BCUT2D eigenvalue weighted by Crippen LogP contribution is -2.33. The van der Waals surface area contributed by atoms with Gasteiger partial charge in [-0.3, -0.25) is 4.79 Å². The van der Waals surface area contributed by atoms with Gasteiger partial charge >= 0.3 is 0 Å². The fourth-order valence-electron chi connectivity index (χ4n) is 1.29. The minimum Gasteiger partial charge on any atom is -0.396 e. The van der Waals surface area contributed by atoms with Crippen molar-refractivity contribution in [3.8, 4) is 0 Å². The molecule has 5 heteroatoms. The molecule has 0 aromatic carbocycles. The molecule has 1 amide bonds. The van der Waals surface area contributed by atoms with Crippen LogP contribution in [-0.2, 0) is 0 Å². The Balaban J connectivity index is 2.72. The molecule has 0 aliphatic rings. The van der Waals surface area contributed by atoms with Gasteiger partial charge in [-0.1, -0.05) is 0 Å². The Morgan fingerprint density at radius 2 is 2.44 bits per heavy atom. The highest BCUT2D eigenvalue weighted by molar-refractivity contribution is 7.98. The molecule has 16 heavy (non-hydrogen) atoms. The minimum absolute atomic E-state index is 0.0348. The van der Waals surface area contributed by atoms with Gasteiger partial charge < -0.3 is 10.4 Å². The van der Waals surface area contributed by atoms with Gasteiger partial charge in [-0.05, 0) is 31.7 Å². The Labute approximate surface area is 99.5 Å².